The highest BCUT2D eigenvalue weighted by atomic mass is 35.5. The molecule has 0 aromatic heterocycles. The summed E-state index contributed by atoms with van der Waals surface area (Å²) < 4.78 is 12.6. The number of carboxylic acids is 1. The van der Waals surface area contributed by atoms with Crippen molar-refractivity contribution in [1.29, 1.82) is 0 Å². The monoisotopic (exact) mass is 474 g/mol. The van der Waals surface area contributed by atoms with Gasteiger partial charge in [-0.15, -0.1) is 11.6 Å². The number of carbonyl (C=O) groups is 2. The van der Waals surface area contributed by atoms with Crippen molar-refractivity contribution in [2.24, 2.45) is 5.92 Å². The maximum atomic E-state index is 13.2. The van der Waals surface area contributed by atoms with Gasteiger partial charge < -0.3 is 19.7 Å². The van der Waals surface area contributed by atoms with Crippen molar-refractivity contribution < 1.29 is 29.3 Å². The van der Waals surface area contributed by atoms with Gasteiger partial charge in [0.1, 0.15) is 29.2 Å². The maximum absolute atomic E-state index is 13.2. The molecule has 0 bridgehead atoms. The average Bonchev–Trinajstić information content (AvgIpc) is 2.75. The minimum atomic E-state index is -1.05. The number of benzene rings is 2. The number of carboxylic acid groups (broad SMARTS) is 1. The van der Waals surface area contributed by atoms with Gasteiger partial charge in [-0.3, -0.25) is 9.59 Å². The van der Waals surface area contributed by atoms with Crippen LogP contribution in [0.15, 0.2) is 24.3 Å². The van der Waals surface area contributed by atoms with Gasteiger partial charge in [0, 0.05) is 5.56 Å². The molecule has 178 valence electrons. The predicted molar refractivity (Wildman–Crippen MR) is 127 cm³/mol. The van der Waals surface area contributed by atoms with E-state index in [-0.39, 0.29) is 36.9 Å². The highest BCUT2D eigenvalue weighted by molar-refractivity contribution is 6.29. The Bertz CT molecular complexity index is 1060. The fourth-order valence-electron chi connectivity index (χ4n) is 4.43. The van der Waals surface area contributed by atoms with Crippen LogP contribution in [0.5, 0.6) is 17.2 Å². The van der Waals surface area contributed by atoms with E-state index >= 15 is 0 Å². The number of Topliss-reactive ketones (excluding diaryl/α,β-unsaturated/α-hetero) is 1. The van der Waals surface area contributed by atoms with Crippen LogP contribution in [0.25, 0.3) is 0 Å². The fourth-order valence-corrected chi connectivity index (χ4v) is 4.61. The Morgan fingerprint density at radius 2 is 1.79 bits per heavy atom. The maximum Gasteiger partial charge on any atom is 0.321 e. The third kappa shape index (κ3) is 5.27. The van der Waals surface area contributed by atoms with Crippen LogP contribution < -0.4 is 9.47 Å². The lowest BCUT2D eigenvalue weighted by atomic mass is 9.81. The minimum absolute atomic E-state index is 0.0615. The van der Waals surface area contributed by atoms with Crippen molar-refractivity contribution in [2.75, 3.05) is 6.61 Å². The topological polar surface area (TPSA) is 93.1 Å². The average molecular weight is 475 g/mol. The smallest absolute Gasteiger partial charge is 0.321 e. The molecule has 2 aromatic carbocycles. The Kier molecular flexibility index (Phi) is 7.27. The molecule has 2 aromatic rings. The van der Waals surface area contributed by atoms with Gasteiger partial charge in [-0.1, -0.05) is 26.0 Å². The molecule has 1 aliphatic rings. The number of hydrogen-bond acceptors (Lipinski definition) is 5. The van der Waals surface area contributed by atoms with Gasteiger partial charge in [-0.05, 0) is 68.4 Å². The van der Waals surface area contributed by atoms with E-state index < -0.39 is 16.9 Å². The Balaban J connectivity index is 1.85. The third-order valence-electron chi connectivity index (χ3n) is 6.18. The summed E-state index contributed by atoms with van der Waals surface area (Å²) in [5.41, 5.74) is 2.42. The molecule has 33 heavy (non-hydrogen) atoms. The van der Waals surface area contributed by atoms with Crippen molar-refractivity contribution in [3.05, 3.63) is 52.1 Å². The number of ketones is 1. The Labute approximate surface area is 199 Å². The lowest BCUT2D eigenvalue weighted by molar-refractivity contribution is -0.136. The summed E-state index contributed by atoms with van der Waals surface area (Å²) in [5.74, 6) is 0.412. The molecule has 1 aliphatic heterocycles. The van der Waals surface area contributed by atoms with Gasteiger partial charge in [0.2, 0.25) is 0 Å². The lowest BCUT2D eigenvalue weighted by Crippen LogP contribution is -2.48. The molecule has 3 rings (SSSR count). The van der Waals surface area contributed by atoms with Crippen LogP contribution in [0.2, 0.25) is 0 Å². The number of aromatic hydroxyl groups is 1. The summed E-state index contributed by atoms with van der Waals surface area (Å²) in [4.78, 5) is 24.2. The second-order valence-electron chi connectivity index (χ2n) is 9.35. The predicted octanol–water partition coefficient (Wildman–Crippen LogP) is 5.38. The van der Waals surface area contributed by atoms with E-state index in [4.69, 9.17) is 26.2 Å². The molecule has 0 amide bonds. The van der Waals surface area contributed by atoms with E-state index in [1.54, 1.807) is 31.2 Å². The summed E-state index contributed by atoms with van der Waals surface area (Å²) >= 11 is 5.82. The van der Waals surface area contributed by atoms with Gasteiger partial charge in [0.05, 0.1) is 12.0 Å². The van der Waals surface area contributed by atoms with Gasteiger partial charge in [0.25, 0.3) is 0 Å². The van der Waals surface area contributed by atoms with Gasteiger partial charge in [-0.25, -0.2) is 0 Å². The molecule has 0 saturated heterocycles. The van der Waals surface area contributed by atoms with Crippen molar-refractivity contribution >= 4 is 23.4 Å². The summed E-state index contributed by atoms with van der Waals surface area (Å²) in [7, 11) is 0. The highest BCUT2D eigenvalue weighted by Gasteiger charge is 2.44. The molecule has 2 atom stereocenters. The number of rotatable bonds is 8. The molecule has 0 spiro atoms. The van der Waals surface area contributed by atoms with E-state index in [1.807, 2.05) is 13.8 Å². The van der Waals surface area contributed by atoms with Crippen LogP contribution in [0.3, 0.4) is 0 Å². The largest absolute Gasteiger partial charge is 0.507 e. The first-order valence-electron chi connectivity index (χ1n) is 11.1. The number of halogens is 1. The first kappa shape index (κ1) is 24.9. The van der Waals surface area contributed by atoms with E-state index in [2.05, 4.69) is 13.8 Å². The number of fused-ring (bicyclic) bond motifs is 1. The zero-order valence-electron chi connectivity index (χ0n) is 19.7. The number of hydrogen-bond donors (Lipinski definition) is 2. The van der Waals surface area contributed by atoms with Crippen LogP contribution in [0.4, 0.5) is 0 Å². The van der Waals surface area contributed by atoms with Crippen molar-refractivity contribution in [3.63, 3.8) is 0 Å². The van der Waals surface area contributed by atoms with Crippen LogP contribution >= 0.6 is 11.6 Å². The first-order valence-corrected chi connectivity index (χ1v) is 11.5. The SMILES string of the molecule is Cc1c(C)c2c(c(C)c1O)C(=O)CC(COc1ccc(CC(Cl)C(=O)O)cc1)(CC(C)C)O2. The van der Waals surface area contributed by atoms with E-state index in [1.165, 1.54) is 0 Å². The van der Waals surface area contributed by atoms with Crippen molar-refractivity contribution in [1.82, 2.24) is 0 Å². The van der Waals surface area contributed by atoms with Crippen LogP contribution in [0.1, 0.15) is 59.3 Å². The van der Waals surface area contributed by atoms with E-state index in [0.717, 1.165) is 11.1 Å². The Morgan fingerprint density at radius 1 is 1.15 bits per heavy atom. The van der Waals surface area contributed by atoms with Gasteiger partial charge in [0.15, 0.2) is 11.4 Å². The molecule has 7 heteroatoms. The van der Waals surface area contributed by atoms with Crippen LogP contribution in [0, 0.1) is 26.7 Å². The Hall–Kier alpha value is -2.73. The zero-order chi connectivity index (χ0) is 24.5. The fraction of sp³-hybridized carbons (Fsp3) is 0.462. The van der Waals surface area contributed by atoms with Crippen LogP contribution in [-0.2, 0) is 11.2 Å². The molecule has 0 radical (unpaired) electrons. The molecular weight excluding hydrogens is 444 g/mol. The van der Waals surface area contributed by atoms with Gasteiger partial charge >= 0.3 is 5.97 Å². The van der Waals surface area contributed by atoms with Crippen LogP contribution in [-0.4, -0.2) is 39.6 Å². The summed E-state index contributed by atoms with van der Waals surface area (Å²) in [6.07, 6.45) is 1.00. The normalized spacial score (nSPS) is 18.6. The number of aliphatic carboxylic acids is 1. The molecule has 2 unspecified atom stereocenters. The van der Waals surface area contributed by atoms with Gasteiger partial charge in [-0.2, -0.15) is 0 Å². The number of phenols is 1. The van der Waals surface area contributed by atoms with Crippen molar-refractivity contribution in [2.45, 2.75) is 64.9 Å². The Morgan fingerprint density at radius 3 is 2.36 bits per heavy atom. The lowest BCUT2D eigenvalue weighted by Gasteiger charge is -2.40. The molecule has 2 N–H and O–H groups in total. The van der Waals surface area contributed by atoms with E-state index in [0.29, 0.717) is 34.6 Å². The second-order valence-corrected chi connectivity index (χ2v) is 9.88. The molecule has 6 nitrogen and oxygen atoms in total. The quantitative estimate of drug-likeness (QED) is 0.499. The minimum Gasteiger partial charge on any atom is -0.507 e. The molecule has 1 heterocycles. The molecule has 0 saturated carbocycles. The number of alkyl halides is 1. The third-order valence-corrected chi connectivity index (χ3v) is 6.53. The van der Waals surface area contributed by atoms with E-state index in [9.17, 15) is 14.7 Å². The summed E-state index contributed by atoms with van der Waals surface area (Å²) in [5, 5.41) is 18.4. The zero-order valence-corrected chi connectivity index (χ0v) is 20.5. The first-order chi connectivity index (χ1) is 15.4. The second kappa shape index (κ2) is 9.64. The molecule has 0 aliphatic carbocycles. The summed E-state index contributed by atoms with van der Waals surface area (Å²) in [6.45, 7) is 9.74. The standard InChI is InChI=1S/C26H31ClO6/c1-14(2)11-26(13-32-19-8-6-18(7-9-19)10-20(27)25(30)31)12-21(28)22-17(5)23(29)15(3)16(4)24(22)33-26/h6-9,14,20,29H,10-13H2,1-5H3,(H,30,31). The number of carbonyl (C=O) groups excluding carboxylic acids is 1. The number of ether oxygens (including phenoxy) is 2. The van der Waals surface area contributed by atoms with Crippen molar-refractivity contribution in [3.8, 4) is 17.2 Å². The molecular formula is C26H31ClO6. The highest BCUT2D eigenvalue weighted by Crippen LogP contribution is 2.45. The summed E-state index contributed by atoms with van der Waals surface area (Å²) in [6, 6.07) is 7.09. The number of phenolic OH excluding ortho intramolecular Hbond substituents is 1. The molecule has 0 fully saturated rings.